The molecular formula is C52H44N2. The average molecular weight is 697 g/mol. The van der Waals surface area contributed by atoms with Crippen LogP contribution in [-0.2, 0) is 5.41 Å². The van der Waals surface area contributed by atoms with Gasteiger partial charge in [-0.3, -0.25) is 0 Å². The van der Waals surface area contributed by atoms with Crippen molar-refractivity contribution >= 4 is 57.0 Å². The number of hydrogen-bond acceptors (Lipinski definition) is 2. The minimum Gasteiger partial charge on any atom is -0.311 e. The van der Waals surface area contributed by atoms with Crippen molar-refractivity contribution in [3.63, 3.8) is 0 Å². The molecule has 8 rings (SSSR count). The van der Waals surface area contributed by atoms with Crippen molar-refractivity contribution < 1.29 is 0 Å². The average Bonchev–Trinajstić information content (AvgIpc) is 3.22. The predicted molar refractivity (Wildman–Crippen MR) is 233 cm³/mol. The van der Waals surface area contributed by atoms with Gasteiger partial charge < -0.3 is 9.80 Å². The highest BCUT2D eigenvalue weighted by molar-refractivity contribution is 5.99. The quantitative estimate of drug-likeness (QED) is 0.139. The molecule has 0 bridgehead atoms. The van der Waals surface area contributed by atoms with E-state index in [2.05, 4.69) is 243 Å². The predicted octanol–water partition coefficient (Wildman–Crippen LogP) is 14.9. The van der Waals surface area contributed by atoms with Crippen LogP contribution < -0.4 is 9.80 Å². The normalized spacial score (nSPS) is 11.5. The van der Waals surface area contributed by atoms with Crippen LogP contribution in [0, 0.1) is 0 Å². The molecule has 54 heavy (non-hydrogen) atoms. The number of rotatable bonds is 9. The Labute approximate surface area is 319 Å². The fraction of sp³-hybridized carbons (Fsp3) is 0.0769. The van der Waals surface area contributed by atoms with Crippen LogP contribution in [-0.4, -0.2) is 0 Å². The van der Waals surface area contributed by atoms with Gasteiger partial charge in [0.2, 0.25) is 0 Å². The maximum absolute atomic E-state index is 2.37. The second-order valence-corrected chi connectivity index (χ2v) is 14.7. The molecule has 0 amide bonds. The molecule has 2 nitrogen and oxygen atoms in total. The number of nitrogens with zero attached hydrogens (tertiary/aromatic N) is 2. The van der Waals surface area contributed by atoms with E-state index in [1.54, 1.807) is 0 Å². The Morgan fingerprint density at radius 2 is 0.759 bits per heavy atom. The van der Waals surface area contributed by atoms with Gasteiger partial charge in [-0.2, -0.15) is 0 Å². The zero-order valence-electron chi connectivity index (χ0n) is 31.1. The Morgan fingerprint density at radius 1 is 0.352 bits per heavy atom. The molecule has 262 valence electrons. The number of fused-ring (bicyclic) bond motifs is 1. The first-order valence-electron chi connectivity index (χ1n) is 18.7. The third kappa shape index (κ3) is 7.46. The van der Waals surface area contributed by atoms with Gasteiger partial charge >= 0.3 is 0 Å². The number of benzene rings is 8. The van der Waals surface area contributed by atoms with Gasteiger partial charge in [0.05, 0.1) is 5.69 Å². The maximum atomic E-state index is 2.37. The first-order valence-corrected chi connectivity index (χ1v) is 18.7. The lowest BCUT2D eigenvalue weighted by atomic mass is 9.87. The third-order valence-electron chi connectivity index (χ3n) is 10.0. The fourth-order valence-corrected chi connectivity index (χ4v) is 7.06. The smallest absolute Gasteiger partial charge is 0.0540 e. The summed E-state index contributed by atoms with van der Waals surface area (Å²) in [6.45, 7) is 6.78. The van der Waals surface area contributed by atoms with Crippen LogP contribution >= 0.6 is 0 Å². The standard InChI is InChI=1S/C52H44N2/c1-52(2,3)44-31-37-49(38-32-44)54(51-20-12-14-43-13-10-11-19-50(43)51)48-33-25-40(26-34-48)22-21-39-23-27-41(28-24-39)42-29-35-47(36-30-42)53(45-15-6-4-7-16-45)46-17-8-5-9-18-46/h4-38H,1-3H3/b22-21+. The van der Waals surface area contributed by atoms with Gasteiger partial charge in [0.1, 0.15) is 0 Å². The first kappa shape index (κ1) is 34.4. The van der Waals surface area contributed by atoms with E-state index in [1.165, 1.54) is 33.2 Å². The molecule has 0 aliphatic rings. The number of hydrogen-bond donors (Lipinski definition) is 0. The van der Waals surface area contributed by atoms with Crippen LogP contribution in [0.5, 0.6) is 0 Å². The van der Waals surface area contributed by atoms with Gasteiger partial charge in [0, 0.05) is 33.8 Å². The Hall–Kier alpha value is -6.64. The van der Waals surface area contributed by atoms with E-state index in [9.17, 15) is 0 Å². The van der Waals surface area contributed by atoms with Crippen molar-refractivity contribution in [1.29, 1.82) is 0 Å². The Balaban J connectivity index is 1.01. The molecule has 0 atom stereocenters. The minimum atomic E-state index is 0.0939. The van der Waals surface area contributed by atoms with E-state index >= 15 is 0 Å². The molecule has 0 aliphatic heterocycles. The van der Waals surface area contributed by atoms with Crippen molar-refractivity contribution in [3.8, 4) is 11.1 Å². The van der Waals surface area contributed by atoms with E-state index < -0.39 is 0 Å². The minimum absolute atomic E-state index is 0.0939. The molecule has 0 fully saturated rings. The fourth-order valence-electron chi connectivity index (χ4n) is 7.06. The van der Waals surface area contributed by atoms with Crippen LogP contribution in [0.25, 0.3) is 34.1 Å². The van der Waals surface area contributed by atoms with E-state index in [0.717, 1.165) is 39.6 Å². The van der Waals surface area contributed by atoms with E-state index in [-0.39, 0.29) is 5.41 Å². The van der Waals surface area contributed by atoms with Crippen molar-refractivity contribution in [2.45, 2.75) is 26.2 Å². The molecule has 0 aliphatic carbocycles. The van der Waals surface area contributed by atoms with Gasteiger partial charge in [0.25, 0.3) is 0 Å². The van der Waals surface area contributed by atoms with Crippen molar-refractivity contribution in [2.75, 3.05) is 9.80 Å². The van der Waals surface area contributed by atoms with Crippen molar-refractivity contribution in [1.82, 2.24) is 0 Å². The lowest BCUT2D eigenvalue weighted by Crippen LogP contribution is -2.13. The van der Waals surface area contributed by atoms with Gasteiger partial charge in [-0.1, -0.05) is 166 Å². The Morgan fingerprint density at radius 3 is 1.31 bits per heavy atom. The van der Waals surface area contributed by atoms with Crippen LogP contribution in [0.2, 0.25) is 0 Å². The topological polar surface area (TPSA) is 6.48 Å². The molecule has 0 aromatic heterocycles. The largest absolute Gasteiger partial charge is 0.311 e. The molecule has 2 heteroatoms. The molecule has 0 unspecified atom stereocenters. The van der Waals surface area contributed by atoms with Gasteiger partial charge in [-0.15, -0.1) is 0 Å². The van der Waals surface area contributed by atoms with Gasteiger partial charge in [-0.05, 0) is 105 Å². The summed E-state index contributed by atoms with van der Waals surface area (Å²) in [6.07, 6.45) is 4.38. The Kier molecular flexibility index (Phi) is 9.66. The van der Waals surface area contributed by atoms with Gasteiger partial charge in [-0.25, -0.2) is 0 Å². The highest BCUT2D eigenvalue weighted by Crippen LogP contribution is 2.40. The van der Waals surface area contributed by atoms with Crippen LogP contribution in [0.15, 0.2) is 200 Å². The zero-order chi connectivity index (χ0) is 36.9. The maximum Gasteiger partial charge on any atom is 0.0540 e. The molecule has 0 saturated carbocycles. The zero-order valence-corrected chi connectivity index (χ0v) is 31.1. The van der Waals surface area contributed by atoms with E-state index in [0.29, 0.717) is 0 Å². The van der Waals surface area contributed by atoms with Gasteiger partial charge in [0.15, 0.2) is 0 Å². The van der Waals surface area contributed by atoms with Crippen LogP contribution in [0.3, 0.4) is 0 Å². The second kappa shape index (κ2) is 15.1. The Bertz CT molecular complexity index is 2430. The summed E-state index contributed by atoms with van der Waals surface area (Å²) in [5, 5.41) is 2.45. The molecule has 0 radical (unpaired) electrons. The van der Waals surface area contributed by atoms with Crippen LogP contribution in [0.4, 0.5) is 34.1 Å². The molecule has 0 N–H and O–H groups in total. The van der Waals surface area contributed by atoms with Crippen molar-refractivity contribution in [2.24, 2.45) is 0 Å². The second-order valence-electron chi connectivity index (χ2n) is 14.7. The molecular weight excluding hydrogens is 653 g/mol. The highest BCUT2D eigenvalue weighted by atomic mass is 15.1. The third-order valence-corrected chi connectivity index (χ3v) is 10.0. The van der Waals surface area contributed by atoms with Crippen LogP contribution in [0.1, 0.15) is 37.5 Å². The summed E-state index contributed by atoms with van der Waals surface area (Å²) >= 11 is 0. The highest BCUT2D eigenvalue weighted by Gasteiger charge is 2.18. The summed E-state index contributed by atoms with van der Waals surface area (Å²) in [7, 11) is 0. The lowest BCUT2D eigenvalue weighted by Gasteiger charge is -2.28. The molecule has 0 saturated heterocycles. The molecule has 0 spiro atoms. The number of anilines is 6. The number of para-hydroxylation sites is 2. The molecule has 8 aromatic rings. The SMILES string of the molecule is CC(C)(C)c1ccc(N(c2ccc(/C=C/c3ccc(-c4ccc(N(c5ccccc5)c5ccccc5)cc4)cc3)cc2)c2cccc3ccccc23)cc1. The summed E-state index contributed by atoms with van der Waals surface area (Å²) in [5.41, 5.74) is 12.9. The van der Waals surface area contributed by atoms with E-state index in [4.69, 9.17) is 0 Å². The molecule has 8 aromatic carbocycles. The first-order chi connectivity index (χ1) is 26.4. The van der Waals surface area contributed by atoms with E-state index in [1.807, 2.05) is 0 Å². The summed E-state index contributed by atoms with van der Waals surface area (Å²) in [5.74, 6) is 0. The monoisotopic (exact) mass is 696 g/mol. The summed E-state index contributed by atoms with van der Waals surface area (Å²) < 4.78 is 0. The lowest BCUT2D eigenvalue weighted by molar-refractivity contribution is 0.590. The molecule has 0 heterocycles. The summed E-state index contributed by atoms with van der Waals surface area (Å²) in [6, 6.07) is 71.7. The summed E-state index contributed by atoms with van der Waals surface area (Å²) in [4.78, 5) is 4.66. The van der Waals surface area contributed by atoms with Crippen molar-refractivity contribution in [3.05, 3.63) is 217 Å².